The van der Waals surface area contributed by atoms with Crippen molar-refractivity contribution in [3.05, 3.63) is 23.3 Å². The third-order valence-electron chi connectivity index (χ3n) is 3.81. The van der Waals surface area contributed by atoms with Gasteiger partial charge >= 0.3 is 5.97 Å². The van der Waals surface area contributed by atoms with Crippen LogP contribution in [0.15, 0.2) is 12.1 Å². The highest BCUT2D eigenvalue weighted by molar-refractivity contribution is 5.89. The SMILES string of the molecule is COc1cc(C=O)c(C2(C(=O)O)CCC2)cc1OC. The Morgan fingerprint density at radius 1 is 1.26 bits per heavy atom. The molecule has 0 bridgehead atoms. The van der Waals surface area contributed by atoms with E-state index in [1.807, 2.05) is 0 Å². The summed E-state index contributed by atoms with van der Waals surface area (Å²) in [7, 11) is 2.96. The van der Waals surface area contributed by atoms with Gasteiger partial charge in [0.25, 0.3) is 0 Å². The van der Waals surface area contributed by atoms with Crippen LogP contribution in [0.4, 0.5) is 0 Å². The molecule has 1 aromatic carbocycles. The lowest BCUT2D eigenvalue weighted by Crippen LogP contribution is -2.43. The number of carboxylic acids is 1. The lowest BCUT2D eigenvalue weighted by atomic mass is 9.63. The van der Waals surface area contributed by atoms with Crippen molar-refractivity contribution in [2.45, 2.75) is 24.7 Å². The van der Waals surface area contributed by atoms with E-state index in [9.17, 15) is 14.7 Å². The second kappa shape index (κ2) is 4.91. The Morgan fingerprint density at radius 2 is 1.84 bits per heavy atom. The summed E-state index contributed by atoms with van der Waals surface area (Å²) in [6.45, 7) is 0. The van der Waals surface area contributed by atoms with Gasteiger partial charge in [-0.1, -0.05) is 6.42 Å². The van der Waals surface area contributed by atoms with Gasteiger partial charge in [0.1, 0.15) is 0 Å². The van der Waals surface area contributed by atoms with Gasteiger partial charge in [-0.2, -0.15) is 0 Å². The molecule has 1 aliphatic rings. The Morgan fingerprint density at radius 3 is 2.21 bits per heavy atom. The maximum Gasteiger partial charge on any atom is 0.314 e. The van der Waals surface area contributed by atoms with Crippen molar-refractivity contribution in [1.29, 1.82) is 0 Å². The Hall–Kier alpha value is -2.04. The van der Waals surface area contributed by atoms with Crippen LogP contribution >= 0.6 is 0 Å². The standard InChI is InChI=1S/C14H16O5/c1-18-11-6-9(8-15)10(7-12(11)19-2)14(13(16)17)4-3-5-14/h6-8H,3-5H2,1-2H3,(H,16,17). The van der Waals surface area contributed by atoms with Crippen LogP contribution in [0.25, 0.3) is 0 Å². The molecule has 0 radical (unpaired) electrons. The first-order chi connectivity index (χ1) is 9.08. The minimum atomic E-state index is -0.963. The van der Waals surface area contributed by atoms with Crippen LogP contribution in [-0.4, -0.2) is 31.6 Å². The van der Waals surface area contributed by atoms with Crippen LogP contribution in [0.3, 0.4) is 0 Å². The molecule has 1 fully saturated rings. The fourth-order valence-corrected chi connectivity index (χ4v) is 2.54. The number of carboxylic acid groups (broad SMARTS) is 1. The predicted molar refractivity (Wildman–Crippen MR) is 68.1 cm³/mol. The zero-order chi connectivity index (χ0) is 14.0. The zero-order valence-corrected chi connectivity index (χ0v) is 10.9. The van der Waals surface area contributed by atoms with Crippen molar-refractivity contribution in [2.75, 3.05) is 14.2 Å². The summed E-state index contributed by atoms with van der Waals surface area (Å²) in [5.74, 6) is -0.0297. The molecular weight excluding hydrogens is 248 g/mol. The van der Waals surface area contributed by atoms with E-state index < -0.39 is 11.4 Å². The van der Waals surface area contributed by atoms with Crippen LogP contribution in [0.5, 0.6) is 11.5 Å². The number of hydrogen-bond donors (Lipinski definition) is 1. The van der Waals surface area contributed by atoms with Crippen molar-refractivity contribution >= 4 is 12.3 Å². The Bertz CT molecular complexity index is 517. The fourth-order valence-electron chi connectivity index (χ4n) is 2.54. The van der Waals surface area contributed by atoms with E-state index in [0.717, 1.165) is 6.42 Å². The van der Waals surface area contributed by atoms with Gasteiger partial charge in [-0.15, -0.1) is 0 Å². The maximum absolute atomic E-state index is 11.5. The molecule has 1 aliphatic carbocycles. The summed E-state index contributed by atoms with van der Waals surface area (Å²) in [4.78, 5) is 22.8. The number of methoxy groups -OCH3 is 2. The smallest absolute Gasteiger partial charge is 0.314 e. The van der Waals surface area contributed by atoms with Crippen molar-refractivity contribution in [2.24, 2.45) is 0 Å². The Kier molecular flexibility index (Phi) is 3.46. The van der Waals surface area contributed by atoms with Crippen molar-refractivity contribution in [3.8, 4) is 11.5 Å². The summed E-state index contributed by atoms with van der Waals surface area (Å²) in [6.07, 6.45) is 2.59. The summed E-state index contributed by atoms with van der Waals surface area (Å²) >= 11 is 0. The van der Waals surface area contributed by atoms with E-state index in [1.165, 1.54) is 20.3 Å². The van der Waals surface area contributed by atoms with E-state index in [2.05, 4.69) is 0 Å². The van der Waals surface area contributed by atoms with Crippen LogP contribution in [0.2, 0.25) is 0 Å². The topological polar surface area (TPSA) is 72.8 Å². The van der Waals surface area contributed by atoms with Gasteiger partial charge in [-0.25, -0.2) is 0 Å². The number of aldehydes is 1. The minimum Gasteiger partial charge on any atom is -0.493 e. The molecule has 0 atom stereocenters. The molecule has 5 heteroatoms. The largest absolute Gasteiger partial charge is 0.493 e. The first-order valence-corrected chi connectivity index (χ1v) is 6.04. The molecular formula is C14H16O5. The molecule has 1 aromatic rings. The highest BCUT2D eigenvalue weighted by Gasteiger charge is 2.47. The molecule has 1 N–H and O–H groups in total. The first kappa shape index (κ1) is 13.4. The number of hydrogen-bond acceptors (Lipinski definition) is 4. The average Bonchev–Trinajstić information content (AvgIpc) is 2.36. The minimum absolute atomic E-state index is 0.347. The van der Waals surface area contributed by atoms with E-state index >= 15 is 0 Å². The van der Waals surface area contributed by atoms with Gasteiger partial charge in [0.2, 0.25) is 0 Å². The molecule has 0 aliphatic heterocycles. The van der Waals surface area contributed by atoms with E-state index in [4.69, 9.17) is 9.47 Å². The molecule has 0 spiro atoms. The average molecular weight is 264 g/mol. The lowest BCUT2D eigenvalue weighted by Gasteiger charge is -2.39. The number of aliphatic carboxylic acids is 1. The molecule has 1 saturated carbocycles. The summed E-state index contributed by atoms with van der Waals surface area (Å²) in [5, 5.41) is 9.46. The molecule has 19 heavy (non-hydrogen) atoms. The zero-order valence-electron chi connectivity index (χ0n) is 10.9. The van der Waals surface area contributed by atoms with Gasteiger partial charge in [0.05, 0.1) is 19.6 Å². The van der Waals surface area contributed by atoms with Crippen molar-refractivity contribution in [1.82, 2.24) is 0 Å². The molecule has 5 nitrogen and oxygen atoms in total. The molecule has 0 heterocycles. The second-order valence-electron chi connectivity index (χ2n) is 4.65. The van der Waals surface area contributed by atoms with Gasteiger partial charge < -0.3 is 14.6 Å². The van der Waals surface area contributed by atoms with Crippen molar-refractivity contribution in [3.63, 3.8) is 0 Å². The monoisotopic (exact) mass is 264 g/mol. The molecule has 0 aromatic heterocycles. The van der Waals surface area contributed by atoms with E-state index in [-0.39, 0.29) is 0 Å². The molecule has 0 unspecified atom stereocenters. The molecule has 102 valence electrons. The van der Waals surface area contributed by atoms with Gasteiger partial charge in [-0.05, 0) is 30.5 Å². The third kappa shape index (κ3) is 1.95. The quantitative estimate of drug-likeness (QED) is 0.824. The normalized spacial score (nSPS) is 16.3. The Balaban J connectivity index is 2.61. The number of ether oxygens (including phenoxy) is 2. The highest BCUT2D eigenvalue weighted by atomic mass is 16.5. The van der Waals surface area contributed by atoms with Crippen LogP contribution in [0, 0.1) is 0 Å². The van der Waals surface area contributed by atoms with Crippen LogP contribution in [-0.2, 0) is 10.2 Å². The van der Waals surface area contributed by atoms with Gasteiger partial charge in [0, 0.05) is 5.56 Å². The van der Waals surface area contributed by atoms with E-state index in [0.29, 0.717) is 41.8 Å². The predicted octanol–water partition coefficient (Wildman–Crippen LogP) is 2.02. The fraction of sp³-hybridized carbons (Fsp3) is 0.429. The van der Waals surface area contributed by atoms with Crippen LogP contribution < -0.4 is 9.47 Å². The maximum atomic E-state index is 11.5. The summed E-state index contributed by atoms with van der Waals surface area (Å²) < 4.78 is 10.3. The second-order valence-corrected chi connectivity index (χ2v) is 4.65. The number of carbonyl (C=O) groups is 2. The van der Waals surface area contributed by atoms with Gasteiger partial charge in [0.15, 0.2) is 17.8 Å². The third-order valence-corrected chi connectivity index (χ3v) is 3.81. The summed E-state index contributed by atoms with van der Waals surface area (Å²) in [5.41, 5.74) is -0.103. The molecule has 0 amide bonds. The summed E-state index contributed by atoms with van der Waals surface area (Å²) in [6, 6.07) is 3.14. The highest BCUT2D eigenvalue weighted by Crippen LogP contribution is 2.47. The first-order valence-electron chi connectivity index (χ1n) is 6.04. The number of benzene rings is 1. The Labute approximate surface area is 111 Å². The molecule has 0 saturated heterocycles. The lowest BCUT2D eigenvalue weighted by molar-refractivity contribution is -0.147. The van der Waals surface area contributed by atoms with Crippen LogP contribution in [0.1, 0.15) is 35.2 Å². The van der Waals surface area contributed by atoms with Crippen molar-refractivity contribution < 1.29 is 24.2 Å². The van der Waals surface area contributed by atoms with Gasteiger partial charge in [-0.3, -0.25) is 9.59 Å². The molecule has 2 rings (SSSR count). The number of carbonyl (C=O) groups excluding carboxylic acids is 1. The number of rotatable bonds is 5. The van der Waals surface area contributed by atoms with E-state index in [1.54, 1.807) is 6.07 Å².